The fourth-order valence-corrected chi connectivity index (χ4v) is 15.0. The van der Waals surface area contributed by atoms with Crippen molar-refractivity contribution in [2.24, 2.45) is 0 Å². The van der Waals surface area contributed by atoms with Gasteiger partial charge in [-0.3, -0.25) is 0 Å². The number of nitrogens with zero attached hydrogens (tertiary/aromatic N) is 6. The predicted molar refractivity (Wildman–Crippen MR) is 385 cm³/mol. The van der Waals surface area contributed by atoms with Crippen molar-refractivity contribution in [3.8, 4) is 57.1 Å². The maximum absolute atomic E-state index is 10.1. The summed E-state index contributed by atoms with van der Waals surface area (Å²) < 4.78 is 21.9. The second-order valence-electron chi connectivity index (χ2n) is 24.2. The number of rotatable bonds is 6. The van der Waals surface area contributed by atoms with Gasteiger partial charge in [-0.1, -0.05) is 170 Å². The number of furan rings is 2. The lowest BCUT2D eigenvalue weighted by Crippen LogP contribution is -1.96. The third kappa shape index (κ3) is 7.97. The summed E-state index contributed by atoms with van der Waals surface area (Å²) in [5.41, 5.74) is 22.0. The van der Waals surface area contributed by atoms with Crippen molar-refractivity contribution in [1.82, 2.24) is 18.3 Å². The third-order valence-electron chi connectivity index (χ3n) is 19.0. The molecule has 0 amide bonds. The van der Waals surface area contributed by atoms with Crippen LogP contribution in [0.25, 0.3) is 176 Å². The maximum Gasteiger partial charge on any atom is 0.145 e. The molecule has 14 aromatic carbocycles. The van der Waals surface area contributed by atoms with E-state index < -0.39 is 0 Å². The summed E-state index contributed by atoms with van der Waals surface area (Å²) in [5.74, 6) is 0. The van der Waals surface area contributed by atoms with E-state index in [9.17, 15) is 10.5 Å². The Bertz CT molecular complexity index is 6520. The highest BCUT2D eigenvalue weighted by Gasteiger charge is 2.22. The second kappa shape index (κ2) is 20.7. The van der Waals surface area contributed by atoms with Gasteiger partial charge in [-0.2, -0.15) is 10.5 Å². The zero-order valence-corrected chi connectivity index (χ0v) is 50.4. The third-order valence-corrected chi connectivity index (χ3v) is 19.0. The van der Waals surface area contributed by atoms with E-state index in [0.29, 0.717) is 11.1 Å². The van der Waals surface area contributed by atoms with Crippen LogP contribution in [0.15, 0.2) is 312 Å². The van der Waals surface area contributed by atoms with Crippen LogP contribution in [0, 0.1) is 22.7 Å². The van der Waals surface area contributed by atoms with Crippen molar-refractivity contribution in [2.75, 3.05) is 0 Å². The van der Waals surface area contributed by atoms with Crippen molar-refractivity contribution in [3.05, 3.63) is 314 Å². The molecule has 20 rings (SSSR count). The first-order chi connectivity index (χ1) is 46.5. The molecule has 0 radical (unpaired) electrons. The first-order valence-electron chi connectivity index (χ1n) is 31.5. The molecule has 0 aliphatic carbocycles. The average molecular weight is 1200 g/mol. The molecule has 0 aliphatic heterocycles. The summed E-state index contributed by atoms with van der Waals surface area (Å²) >= 11 is 0. The summed E-state index contributed by atoms with van der Waals surface area (Å²) in [6, 6.07) is 111. The molecule has 20 aromatic rings. The minimum absolute atomic E-state index is 0.626. The smallest absolute Gasteiger partial charge is 0.145 e. The number of hydrogen-bond donors (Lipinski definition) is 0. The van der Waals surface area contributed by atoms with Gasteiger partial charge in [0.2, 0.25) is 0 Å². The van der Waals surface area contributed by atoms with E-state index in [2.05, 4.69) is 285 Å². The minimum atomic E-state index is 0.626. The molecule has 436 valence electrons. The number of aromatic nitrogens is 4. The van der Waals surface area contributed by atoms with Crippen LogP contribution in [0.4, 0.5) is 0 Å². The maximum atomic E-state index is 10.1. The number of nitriles is 2. The molecule has 0 atom stereocenters. The van der Waals surface area contributed by atoms with Crippen molar-refractivity contribution in [2.45, 2.75) is 0 Å². The second-order valence-corrected chi connectivity index (χ2v) is 24.2. The predicted octanol–water partition coefficient (Wildman–Crippen LogP) is 22.6. The van der Waals surface area contributed by atoms with Crippen molar-refractivity contribution < 1.29 is 8.83 Å². The SMILES string of the molecule is N#Cc1cc(-c2ccc(-n3c4ccccc4c4c5c(ccc43)oc3ccccc35)cc2)cc(-n2c3ccccc3c3ccccc32)c1.N#Cc1cc(-c2ccc(-n3c4ccccc4c4c5oc6ccccc6c5ccc43)cc2)cc(-n2c3ccccc3c3ccccc32)c1. The highest BCUT2D eigenvalue weighted by molar-refractivity contribution is 6.28. The summed E-state index contributed by atoms with van der Waals surface area (Å²) in [5, 5.41) is 34.2. The zero-order chi connectivity index (χ0) is 62.1. The van der Waals surface area contributed by atoms with Gasteiger partial charge in [0, 0.05) is 82.0 Å². The molecule has 0 aliphatic rings. The van der Waals surface area contributed by atoms with E-state index in [4.69, 9.17) is 8.83 Å². The molecule has 6 heterocycles. The van der Waals surface area contributed by atoms with Gasteiger partial charge < -0.3 is 27.1 Å². The van der Waals surface area contributed by atoms with E-state index in [1.54, 1.807) is 0 Å². The lowest BCUT2D eigenvalue weighted by molar-refractivity contribution is 0.669. The van der Waals surface area contributed by atoms with Crippen LogP contribution in [0.3, 0.4) is 0 Å². The molecule has 8 heteroatoms. The Kier molecular flexibility index (Phi) is 11.6. The molecular formula is C86H50N6O2. The van der Waals surface area contributed by atoms with Gasteiger partial charge in [0.15, 0.2) is 0 Å². The van der Waals surface area contributed by atoms with Gasteiger partial charge in [-0.05, 0) is 156 Å². The van der Waals surface area contributed by atoms with Gasteiger partial charge in [0.05, 0.1) is 72.8 Å². The zero-order valence-electron chi connectivity index (χ0n) is 50.4. The van der Waals surface area contributed by atoms with Gasteiger partial charge in [-0.25, -0.2) is 0 Å². The molecular weight excluding hydrogens is 1150 g/mol. The molecule has 0 bridgehead atoms. The van der Waals surface area contributed by atoms with E-state index in [0.717, 1.165) is 144 Å². The molecule has 94 heavy (non-hydrogen) atoms. The molecule has 0 saturated heterocycles. The minimum Gasteiger partial charge on any atom is -0.456 e. The van der Waals surface area contributed by atoms with Crippen molar-refractivity contribution >= 4 is 131 Å². The standard InChI is InChI=1S/2C43H25N3O/c44-26-27-23-29(25-31(24-27)46-37-13-5-1-9-32(37)33-10-2-6-14-38(33)46)28-17-19-30(20-18-28)45-39-15-7-3-12-36(39)42-40(45)22-21-35-34-11-4-8-16-41(34)47-43(35)42;44-26-27-23-29(25-31(24-27)46-36-13-5-1-9-32(36)33-10-2-6-14-37(33)46)28-17-19-30(20-18-28)45-38-15-7-3-11-34(38)42-39(45)21-22-41-43(42)35-12-4-8-16-40(35)47-41/h2*1-25H. The molecule has 0 unspecified atom stereocenters. The summed E-state index contributed by atoms with van der Waals surface area (Å²) in [7, 11) is 0. The van der Waals surface area contributed by atoms with Gasteiger partial charge in [-0.15, -0.1) is 0 Å². The van der Waals surface area contributed by atoms with Crippen LogP contribution in [0.2, 0.25) is 0 Å². The normalized spacial score (nSPS) is 11.8. The molecule has 6 aromatic heterocycles. The lowest BCUT2D eigenvalue weighted by Gasteiger charge is -2.13. The molecule has 0 N–H and O–H groups in total. The summed E-state index contributed by atoms with van der Waals surface area (Å²) in [4.78, 5) is 0. The Hall–Kier alpha value is -13.1. The van der Waals surface area contributed by atoms with Crippen LogP contribution in [-0.4, -0.2) is 18.3 Å². The van der Waals surface area contributed by atoms with Crippen LogP contribution in [-0.2, 0) is 0 Å². The van der Waals surface area contributed by atoms with Gasteiger partial charge in [0.25, 0.3) is 0 Å². The number of benzene rings is 14. The Morgan fingerprint density at radius 1 is 0.223 bits per heavy atom. The van der Waals surface area contributed by atoms with Crippen LogP contribution >= 0.6 is 0 Å². The highest BCUT2D eigenvalue weighted by atomic mass is 16.3. The number of fused-ring (bicyclic) bond motifs is 20. The van der Waals surface area contributed by atoms with Gasteiger partial charge >= 0.3 is 0 Å². The fourth-order valence-electron chi connectivity index (χ4n) is 15.0. The summed E-state index contributed by atoms with van der Waals surface area (Å²) in [6.07, 6.45) is 0. The van der Waals surface area contributed by atoms with E-state index >= 15 is 0 Å². The molecule has 8 nitrogen and oxygen atoms in total. The first-order valence-corrected chi connectivity index (χ1v) is 31.5. The fraction of sp³-hybridized carbons (Fsp3) is 0. The Labute approximate surface area is 537 Å². The van der Waals surface area contributed by atoms with Crippen LogP contribution < -0.4 is 0 Å². The van der Waals surface area contributed by atoms with Crippen LogP contribution in [0.5, 0.6) is 0 Å². The quantitative estimate of drug-likeness (QED) is 0.166. The Morgan fingerprint density at radius 3 is 1.05 bits per heavy atom. The molecule has 0 fully saturated rings. The first kappa shape index (κ1) is 52.8. The molecule has 0 spiro atoms. The highest BCUT2D eigenvalue weighted by Crippen LogP contribution is 2.44. The topological polar surface area (TPSA) is 93.6 Å². The van der Waals surface area contributed by atoms with E-state index in [-0.39, 0.29) is 0 Å². The number of hydrogen-bond acceptors (Lipinski definition) is 4. The van der Waals surface area contributed by atoms with E-state index in [1.807, 2.05) is 48.5 Å². The Balaban J connectivity index is 0.000000133. The molecule has 0 saturated carbocycles. The Morgan fingerprint density at radius 2 is 0.585 bits per heavy atom. The van der Waals surface area contributed by atoms with Crippen molar-refractivity contribution in [3.63, 3.8) is 0 Å². The van der Waals surface area contributed by atoms with Crippen LogP contribution in [0.1, 0.15) is 11.1 Å². The van der Waals surface area contributed by atoms with E-state index in [1.165, 1.54) is 32.3 Å². The monoisotopic (exact) mass is 1200 g/mol. The van der Waals surface area contributed by atoms with Crippen molar-refractivity contribution in [1.29, 1.82) is 10.5 Å². The largest absolute Gasteiger partial charge is 0.456 e. The summed E-state index contributed by atoms with van der Waals surface area (Å²) in [6.45, 7) is 0. The van der Waals surface area contributed by atoms with Gasteiger partial charge in [0.1, 0.15) is 22.3 Å². The number of para-hydroxylation sites is 8. The average Bonchev–Trinajstić information content (AvgIpc) is 1.57. The lowest BCUT2D eigenvalue weighted by atomic mass is 10.0.